The van der Waals surface area contributed by atoms with Gasteiger partial charge < -0.3 is 10.2 Å². The second kappa shape index (κ2) is 7.47. The summed E-state index contributed by atoms with van der Waals surface area (Å²) in [5, 5.41) is 2.89. The molecule has 1 rings (SSSR count). The van der Waals surface area contributed by atoms with E-state index in [1.807, 2.05) is 6.92 Å². The standard InChI is InChI=1S/C14H23F3N4/c1-5-7-18-11-9-12(21(4)8-6-10(2)3)20-13(19-11)14(15,16)17/h9-10H,5-8H2,1-4H3,(H,18,19,20). The summed E-state index contributed by atoms with van der Waals surface area (Å²) in [4.78, 5) is 8.92. The number of halogens is 3. The zero-order valence-electron chi connectivity index (χ0n) is 13.0. The molecule has 0 bridgehead atoms. The van der Waals surface area contributed by atoms with E-state index in [0.717, 1.165) is 12.8 Å². The van der Waals surface area contributed by atoms with Crippen molar-refractivity contribution in [1.82, 2.24) is 9.97 Å². The first-order chi connectivity index (χ1) is 9.74. The summed E-state index contributed by atoms with van der Waals surface area (Å²) >= 11 is 0. The van der Waals surface area contributed by atoms with Crippen LogP contribution in [0.2, 0.25) is 0 Å². The number of rotatable bonds is 7. The summed E-state index contributed by atoms with van der Waals surface area (Å²) in [5.41, 5.74) is 0. The highest BCUT2D eigenvalue weighted by Crippen LogP contribution is 2.29. The topological polar surface area (TPSA) is 41.0 Å². The molecule has 21 heavy (non-hydrogen) atoms. The van der Waals surface area contributed by atoms with Crippen LogP contribution in [-0.2, 0) is 6.18 Å². The number of alkyl halides is 3. The van der Waals surface area contributed by atoms with E-state index in [2.05, 4.69) is 29.1 Å². The van der Waals surface area contributed by atoms with Crippen LogP contribution >= 0.6 is 0 Å². The molecule has 0 saturated carbocycles. The fourth-order valence-electron chi connectivity index (χ4n) is 1.67. The average molecular weight is 304 g/mol. The van der Waals surface area contributed by atoms with E-state index in [1.165, 1.54) is 0 Å². The third-order valence-corrected chi connectivity index (χ3v) is 2.96. The van der Waals surface area contributed by atoms with Crippen LogP contribution in [0.5, 0.6) is 0 Å². The Morgan fingerprint density at radius 2 is 1.95 bits per heavy atom. The van der Waals surface area contributed by atoms with Gasteiger partial charge in [0, 0.05) is 26.2 Å². The van der Waals surface area contributed by atoms with Crippen molar-refractivity contribution in [3.63, 3.8) is 0 Å². The summed E-state index contributed by atoms with van der Waals surface area (Å²) < 4.78 is 38.6. The number of nitrogens with one attached hydrogen (secondary N) is 1. The van der Waals surface area contributed by atoms with Crippen LogP contribution in [0.4, 0.5) is 24.8 Å². The van der Waals surface area contributed by atoms with E-state index in [4.69, 9.17) is 0 Å². The molecule has 0 saturated heterocycles. The monoisotopic (exact) mass is 304 g/mol. The molecular weight excluding hydrogens is 281 g/mol. The fraction of sp³-hybridized carbons (Fsp3) is 0.714. The normalized spacial score (nSPS) is 11.8. The second-order valence-corrected chi connectivity index (χ2v) is 5.46. The molecule has 120 valence electrons. The Kier molecular flexibility index (Phi) is 6.23. The van der Waals surface area contributed by atoms with E-state index in [1.54, 1.807) is 18.0 Å². The third kappa shape index (κ3) is 5.77. The van der Waals surface area contributed by atoms with E-state index in [0.29, 0.717) is 19.0 Å². The maximum absolute atomic E-state index is 12.9. The predicted octanol–water partition coefficient (Wildman–Crippen LogP) is 3.80. The van der Waals surface area contributed by atoms with Crippen LogP contribution in [0.15, 0.2) is 6.07 Å². The minimum atomic E-state index is -4.54. The summed E-state index contributed by atoms with van der Waals surface area (Å²) in [6, 6.07) is 1.56. The lowest BCUT2D eigenvalue weighted by Crippen LogP contribution is -2.23. The van der Waals surface area contributed by atoms with Crippen LogP contribution < -0.4 is 10.2 Å². The molecule has 0 aromatic carbocycles. The van der Waals surface area contributed by atoms with Crippen LogP contribution in [0.1, 0.15) is 39.4 Å². The fourth-order valence-corrected chi connectivity index (χ4v) is 1.67. The van der Waals surface area contributed by atoms with Crippen molar-refractivity contribution in [2.45, 2.75) is 39.8 Å². The van der Waals surface area contributed by atoms with Gasteiger partial charge >= 0.3 is 6.18 Å². The second-order valence-electron chi connectivity index (χ2n) is 5.46. The molecule has 1 aromatic heterocycles. The molecule has 0 amide bonds. The number of nitrogens with zero attached hydrogens (tertiary/aromatic N) is 3. The molecule has 1 N–H and O–H groups in total. The smallest absolute Gasteiger partial charge is 0.370 e. The quantitative estimate of drug-likeness (QED) is 0.832. The lowest BCUT2D eigenvalue weighted by molar-refractivity contribution is -0.144. The molecule has 1 aromatic rings. The van der Waals surface area contributed by atoms with Gasteiger partial charge in [0.2, 0.25) is 5.82 Å². The average Bonchev–Trinajstić information content (AvgIpc) is 2.41. The first-order valence-corrected chi connectivity index (χ1v) is 7.15. The van der Waals surface area contributed by atoms with Gasteiger partial charge in [-0.05, 0) is 18.8 Å². The van der Waals surface area contributed by atoms with E-state index >= 15 is 0 Å². The summed E-state index contributed by atoms with van der Waals surface area (Å²) in [5.74, 6) is -0.119. The molecule has 0 atom stereocenters. The Morgan fingerprint density at radius 1 is 1.29 bits per heavy atom. The Labute approximate surface area is 123 Å². The van der Waals surface area contributed by atoms with E-state index in [-0.39, 0.29) is 11.6 Å². The highest BCUT2D eigenvalue weighted by molar-refractivity contribution is 5.49. The van der Waals surface area contributed by atoms with Gasteiger partial charge in [-0.15, -0.1) is 0 Å². The zero-order valence-corrected chi connectivity index (χ0v) is 13.0. The SMILES string of the molecule is CCCNc1cc(N(C)CCC(C)C)nc(C(F)(F)F)n1. The van der Waals surface area contributed by atoms with Gasteiger partial charge in [0.05, 0.1) is 0 Å². The molecule has 0 aliphatic carbocycles. The highest BCUT2D eigenvalue weighted by atomic mass is 19.4. The highest BCUT2D eigenvalue weighted by Gasteiger charge is 2.35. The minimum Gasteiger partial charge on any atom is -0.370 e. The first kappa shape index (κ1) is 17.5. The van der Waals surface area contributed by atoms with Crippen LogP contribution in [0.3, 0.4) is 0 Å². The van der Waals surface area contributed by atoms with Gasteiger partial charge in [0.25, 0.3) is 0 Å². The minimum absolute atomic E-state index is 0.213. The maximum Gasteiger partial charge on any atom is 0.451 e. The van der Waals surface area contributed by atoms with Gasteiger partial charge in [-0.3, -0.25) is 0 Å². The van der Waals surface area contributed by atoms with Gasteiger partial charge in [-0.1, -0.05) is 20.8 Å². The molecule has 0 aliphatic heterocycles. The van der Waals surface area contributed by atoms with Crippen molar-refractivity contribution in [3.8, 4) is 0 Å². The molecule has 0 fully saturated rings. The number of anilines is 2. The maximum atomic E-state index is 12.9. The summed E-state index contributed by atoms with van der Waals surface area (Å²) in [6.45, 7) is 7.31. The molecule has 0 aliphatic rings. The van der Waals surface area contributed by atoms with Gasteiger partial charge in [0.15, 0.2) is 0 Å². The first-order valence-electron chi connectivity index (χ1n) is 7.15. The Balaban J connectivity index is 3.00. The molecule has 0 spiro atoms. The molecule has 4 nitrogen and oxygen atoms in total. The lowest BCUT2D eigenvalue weighted by Gasteiger charge is -2.21. The zero-order chi connectivity index (χ0) is 16.0. The van der Waals surface area contributed by atoms with Gasteiger partial charge in [-0.2, -0.15) is 13.2 Å². The summed E-state index contributed by atoms with van der Waals surface area (Å²) in [7, 11) is 1.74. The molecule has 0 radical (unpaired) electrons. The third-order valence-electron chi connectivity index (χ3n) is 2.96. The van der Waals surface area contributed by atoms with Crippen LogP contribution in [0, 0.1) is 5.92 Å². The lowest BCUT2D eigenvalue weighted by atomic mass is 10.1. The molecule has 1 heterocycles. The van der Waals surface area contributed by atoms with Crippen molar-refractivity contribution in [3.05, 3.63) is 11.9 Å². The number of aromatic nitrogens is 2. The van der Waals surface area contributed by atoms with Crippen LogP contribution in [0.25, 0.3) is 0 Å². The molecular formula is C14H23F3N4. The van der Waals surface area contributed by atoms with Crippen molar-refractivity contribution in [1.29, 1.82) is 0 Å². The number of hydrogen-bond acceptors (Lipinski definition) is 4. The van der Waals surface area contributed by atoms with Crippen molar-refractivity contribution in [2.75, 3.05) is 30.4 Å². The van der Waals surface area contributed by atoms with Crippen molar-refractivity contribution < 1.29 is 13.2 Å². The molecule has 7 heteroatoms. The number of hydrogen-bond donors (Lipinski definition) is 1. The van der Waals surface area contributed by atoms with E-state index < -0.39 is 12.0 Å². The van der Waals surface area contributed by atoms with Crippen molar-refractivity contribution in [2.24, 2.45) is 5.92 Å². The van der Waals surface area contributed by atoms with Gasteiger partial charge in [-0.25, -0.2) is 9.97 Å². The van der Waals surface area contributed by atoms with Crippen molar-refractivity contribution >= 4 is 11.6 Å². The predicted molar refractivity (Wildman–Crippen MR) is 78.5 cm³/mol. The Hall–Kier alpha value is -1.53. The summed E-state index contributed by atoms with van der Waals surface area (Å²) in [6.07, 6.45) is -2.85. The van der Waals surface area contributed by atoms with Gasteiger partial charge in [0.1, 0.15) is 11.6 Å². The molecule has 0 unspecified atom stereocenters. The largest absolute Gasteiger partial charge is 0.451 e. The Morgan fingerprint density at radius 3 is 2.48 bits per heavy atom. The Bertz CT molecular complexity index is 446. The van der Waals surface area contributed by atoms with Crippen LogP contribution in [-0.4, -0.2) is 30.1 Å². The van der Waals surface area contributed by atoms with E-state index in [9.17, 15) is 13.2 Å².